The normalized spacial score (nSPS) is 9.76. The molecule has 0 aromatic heterocycles. The molecule has 0 aliphatic heterocycles. The highest BCUT2D eigenvalue weighted by Gasteiger charge is 2.18. The van der Waals surface area contributed by atoms with Gasteiger partial charge in [0, 0.05) is 12.2 Å². The molecule has 0 bridgehead atoms. The average Bonchev–Trinajstić information content (AvgIpc) is 2.63. The van der Waals surface area contributed by atoms with Crippen LogP contribution in [0.15, 0.2) is 54.6 Å². The Bertz CT molecular complexity index is 752. The second kappa shape index (κ2) is 9.08. The molecule has 0 spiro atoms. The Kier molecular flexibility index (Phi) is 6.55. The highest BCUT2D eigenvalue weighted by Crippen LogP contribution is 2.12. The lowest BCUT2D eigenvalue weighted by Crippen LogP contribution is -2.38. The van der Waals surface area contributed by atoms with Gasteiger partial charge >= 0.3 is 12.0 Å². The van der Waals surface area contributed by atoms with Gasteiger partial charge in [0.1, 0.15) is 6.54 Å². The van der Waals surface area contributed by atoms with Crippen molar-refractivity contribution in [1.29, 1.82) is 5.26 Å². The van der Waals surface area contributed by atoms with Crippen LogP contribution in [-0.4, -0.2) is 30.1 Å². The molecule has 2 aromatic carbocycles. The fourth-order valence-corrected chi connectivity index (χ4v) is 2.20. The molecule has 0 aliphatic rings. The molecule has 0 saturated carbocycles. The van der Waals surface area contributed by atoms with E-state index in [9.17, 15) is 9.59 Å². The quantitative estimate of drug-likeness (QED) is 0.821. The molecular formula is C19H19N3O3. The van der Waals surface area contributed by atoms with Crippen LogP contribution in [0.1, 0.15) is 18.1 Å². The summed E-state index contributed by atoms with van der Waals surface area (Å²) in [4.78, 5) is 25.7. The summed E-state index contributed by atoms with van der Waals surface area (Å²) in [5.74, 6) is -0.464. The summed E-state index contributed by atoms with van der Waals surface area (Å²) < 4.78 is 4.94. The number of esters is 1. The molecule has 0 unspecified atom stereocenters. The zero-order valence-corrected chi connectivity index (χ0v) is 13.9. The van der Waals surface area contributed by atoms with Crippen molar-refractivity contribution in [2.24, 2.45) is 0 Å². The molecule has 2 amide bonds. The van der Waals surface area contributed by atoms with E-state index in [-0.39, 0.29) is 19.7 Å². The lowest BCUT2D eigenvalue weighted by Gasteiger charge is -2.22. The zero-order chi connectivity index (χ0) is 18.1. The van der Waals surface area contributed by atoms with Crippen LogP contribution in [0.4, 0.5) is 10.5 Å². The molecule has 128 valence electrons. The second-order valence-electron chi connectivity index (χ2n) is 5.27. The second-order valence-corrected chi connectivity index (χ2v) is 5.27. The average molecular weight is 337 g/mol. The third-order valence-electron chi connectivity index (χ3n) is 3.39. The number of hydrogen-bond acceptors (Lipinski definition) is 4. The van der Waals surface area contributed by atoms with E-state index in [0.717, 1.165) is 5.56 Å². The van der Waals surface area contributed by atoms with Crippen LogP contribution in [0.25, 0.3) is 0 Å². The van der Waals surface area contributed by atoms with E-state index in [2.05, 4.69) is 5.32 Å². The van der Waals surface area contributed by atoms with E-state index < -0.39 is 12.0 Å². The van der Waals surface area contributed by atoms with Crippen molar-refractivity contribution < 1.29 is 14.3 Å². The predicted octanol–water partition coefficient (Wildman–Crippen LogP) is 3.16. The van der Waals surface area contributed by atoms with Gasteiger partial charge in [0.25, 0.3) is 0 Å². The Morgan fingerprint density at radius 1 is 1.12 bits per heavy atom. The number of nitrogens with one attached hydrogen (secondary N) is 1. The number of hydrogen-bond donors (Lipinski definition) is 1. The van der Waals surface area contributed by atoms with E-state index in [1.54, 1.807) is 31.2 Å². The van der Waals surface area contributed by atoms with Crippen LogP contribution in [0.5, 0.6) is 0 Å². The van der Waals surface area contributed by atoms with Crippen molar-refractivity contribution in [3.05, 3.63) is 65.7 Å². The number of ether oxygens (including phenoxy) is 1. The van der Waals surface area contributed by atoms with Gasteiger partial charge in [0.05, 0.1) is 18.2 Å². The minimum Gasteiger partial charge on any atom is -0.465 e. The van der Waals surface area contributed by atoms with Crippen LogP contribution in [-0.2, 0) is 16.1 Å². The number of urea groups is 1. The molecule has 0 fully saturated rings. The van der Waals surface area contributed by atoms with Crippen LogP contribution in [0, 0.1) is 11.3 Å². The van der Waals surface area contributed by atoms with Gasteiger partial charge in [-0.25, -0.2) is 4.79 Å². The molecule has 2 aromatic rings. The monoisotopic (exact) mass is 337 g/mol. The summed E-state index contributed by atoms with van der Waals surface area (Å²) in [7, 11) is 0. The van der Waals surface area contributed by atoms with Crippen LogP contribution in [0.2, 0.25) is 0 Å². The molecule has 0 atom stereocenters. The molecule has 0 saturated heterocycles. The molecule has 0 heterocycles. The van der Waals surface area contributed by atoms with E-state index in [1.807, 2.05) is 36.4 Å². The first-order valence-electron chi connectivity index (χ1n) is 7.88. The van der Waals surface area contributed by atoms with E-state index in [4.69, 9.17) is 10.00 Å². The van der Waals surface area contributed by atoms with Crippen molar-refractivity contribution in [1.82, 2.24) is 4.90 Å². The Morgan fingerprint density at radius 2 is 1.80 bits per heavy atom. The summed E-state index contributed by atoms with van der Waals surface area (Å²) in [5, 5.41) is 11.5. The van der Waals surface area contributed by atoms with Crippen molar-refractivity contribution in [3.8, 4) is 6.07 Å². The van der Waals surface area contributed by atoms with Gasteiger partial charge in [-0.3, -0.25) is 4.79 Å². The predicted molar refractivity (Wildman–Crippen MR) is 93.7 cm³/mol. The largest absolute Gasteiger partial charge is 0.465 e. The van der Waals surface area contributed by atoms with Gasteiger partial charge in [-0.2, -0.15) is 5.26 Å². The molecule has 6 heteroatoms. The number of carbonyl (C=O) groups excluding carboxylic acids is 2. The summed E-state index contributed by atoms with van der Waals surface area (Å²) >= 11 is 0. The van der Waals surface area contributed by atoms with E-state index in [0.29, 0.717) is 11.3 Å². The van der Waals surface area contributed by atoms with Gasteiger partial charge in [-0.1, -0.05) is 30.3 Å². The number of anilines is 1. The fraction of sp³-hybridized carbons (Fsp3) is 0.211. The minimum absolute atomic E-state index is 0.148. The molecule has 2 rings (SSSR count). The minimum atomic E-state index is -0.464. The first kappa shape index (κ1) is 18.0. The number of nitrogens with zero attached hydrogens (tertiary/aromatic N) is 2. The lowest BCUT2D eigenvalue weighted by molar-refractivity contribution is -0.143. The molecule has 25 heavy (non-hydrogen) atoms. The van der Waals surface area contributed by atoms with Crippen LogP contribution in [0.3, 0.4) is 0 Å². The van der Waals surface area contributed by atoms with Crippen molar-refractivity contribution >= 4 is 17.7 Å². The standard InChI is InChI=1S/C19H19N3O3/c1-2-25-18(23)14-22(13-16-6-4-3-5-7-16)19(24)21-17-10-8-15(12-20)9-11-17/h3-11H,2,13-14H2,1H3,(H,21,24). The SMILES string of the molecule is CCOC(=O)CN(Cc1ccccc1)C(=O)Nc1ccc(C#N)cc1. The Labute approximate surface area is 146 Å². The molecule has 0 aliphatic carbocycles. The van der Waals surface area contributed by atoms with Gasteiger partial charge in [-0.15, -0.1) is 0 Å². The summed E-state index contributed by atoms with van der Waals surface area (Å²) in [6.45, 7) is 2.11. The smallest absolute Gasteiger partial charge is 0.325 e. The van der Waals surface area contributed by atoms with Gasteiger partial charge in [-0.05, 0) is 36.8 Å². The maximum atomic E-state index is 12.6. The van der Waals surface area contributed by atoms with Gasteiger partial charge in [0.2, 0.25) is 0 Å². The van der Waals surface area contributed by atoms with Crippen LogP contribution < -0.4 is 5.32 Å². The Morgan fingerprint density at radius 3 is 2.40 bits per heavy atom. The highest BCUT2D eigenvalue weighted by atomic mass is 16.5. The number of amides is 2. The molecule has 0 radical (unpaired) electrons. The summed E-state index contributed by atoms with van der Waals surface area (Å²) in [6.07, 6.45) is 0. The van der Waals surface area contributed by atoms with E-state index in [1.165, 1.54) is 4.90 Å². The van der Waals surface area contributed by atoms with Crippen molar-refractivity contribution in [2.75, 3.05) is 18.5 Å². The Hall–Kier alpha value is -3.33. The highest BCUT2D eigenvalue weighted by molar-refractivity contribution is 5.91. The summed E-state index contributed by atoms with van der Waals surface area (Å²) in [5.41, 5.74) is 1.96. The van der Waals surface area contributed by atoms with Crippen molar-refractivity contribution in [2.45, 2.75) is 13.5 Å². The lowest BCUT2D eigenvalue weighted by atomic mass is 10.2. The first-order chi connectivity index (χ1) is 12.1. The van der Waals surface area contributed by atoms with Crippen molar-refractivity contribution in [3.63, 3.8) is 0 Å². The van der Waals surface area contributed by atoms with Crippen LogP contribution >= 0.6 is 0 Å². The van der Waals surface area contributed by atoms with Gasteiger partial charge in [0.15, 0.2) is 0 Å². The first-order valence-corrected chi connectivity index (χ1v) is 7.88. The van der Waals surface area contributed by atoms with E-state index >= 15 is 0 Å². The fourth-order valence-electron chi connectivity index (χ4n) is 2.20. The third-order valence-corrected chi connectivity index (χ3v) is 3.39. The maximum absolute atomic E-state index is 12.6. The number of rotatable bonds is 6. The number of benzene rings is 2. The number of nitriles is 1. The van der Waals surface area contributed by atoms with Gasteiger partial charge < -0.3 is 15.0 Å². The third kappa shape index (κ3) is 5.66. The summed E-state index contributed by atoms with van der Waals surface area (Å²) in [6, 6.07) is 17.5. The molecule has 6 nitrogen and oxygen atoms in total. The Balaban J connectivity index is 2.10. The number of carbonyl (C=O) groups is 2. The maximum Gasteiger partial charge on any atom is 0.325 e. The molecule has 1 N–H and O–H groups in total. The molecular weight excluding hydrogens is 318 g/mol. The topological polar surface area (TPSA) is 82.4 Å². The zero-order valence-electron chi connectivity index (χ0n) is 13.9.